The van der Waals surface area contributed by atoms with Crippen molar-refractivity contribution < 1.29 is 9.26 Å². The van der Waals surface area contributed by atoms with Crippen LogP contribution in [0.4, 0.5) is 0 Å². The third kappa shape index (κ3) is 3.14. The Morgan fingerprint density at radius 3 is 2.73 bits per heavy atom. The SMILES string of the molecule is CCc1nc(CN2CC(c3ccc(OC)cc3)CC2C)no1. The van der Waals surface area contributed by atoms with Gasteiger partial charge in [-0.25, -0.2) is 0 Å². The number of rotatable bonds is 5. The van der Waals surface area contributed by atoms with Crippen molar-refractivity contribution in [3.8, 4) is 5.75 Å². The van der Waals surface area contributed by atoms with Crippen LogP contribution in [0.1, 0.15) is 43.5 Å². The van der Waals surface area contributed by atoms with Crippen LogP contribution < -0.4 is 4.74 Å². The molecule has 0 amide bonds. The molecule has 5 heteroatoms. The maximum Gasteiger partial charge on any atom is 0.226 e. The first-order valence-corrected chi connectivity index (χ1v) is 7.89. The van der Waals surface area contributed by atoms with Gasteiger partial charge in [0.1, 0.15) is 5.75 Å². The van der Waals surface area contributed by atoms with Crippen molar-refractivity contribution in [3.05, 3.63) is 41.5 Å². The Bertz CT molecular complexity index is 609. The number of aryl methyl sites for hydroxylation is 1. The van der Waals surface area contributed by atoms with E-state index in [1.54, 1.807) is 7.11 Å². The average molecular weight is 301 g/mol. The fraction of sp³-hybridized carbons (Fsp3) is 0.529. The van der Waals surface area contributed by atoms with Crippen molar-refractivity contribution in [1.82, 2.24) is 15.0 Å². The zero-order valence-corrected chi connectivity index (χ0v) is 13.5. The smallest absolute Gasteiger partial charge is 0.226 e. The molecule has 5 nitrogen and oxygen atoms in total. The monoisotopic (exact) mass is 301 g/mol. The lowest BCUT2D eigenvalue weighted by Crippen LogP contribution is -2.27. The quantitative estimate of drug-likeness (QED) is 0.849. The number of methoxy groups -OCH3 is 1. The third-order valence-electron chi connectivity index (χ3n) is 4.45. The Morgan fingerprint density at radius 2 is 2.09 bits per heavy atom. The van der Waals surface area contributed by atoms with E-state index in [-0.39, 0.29) is 0 Å². The van der Waals surface area contributed by atoms with Gasteiger partial charge in [-0.05, 0) is 37.0 Å². The molecule has 2 atom stereocenters. The van der Waals surface area contributed by atoms with E-state index in [0.29, 0.717) is 17.9 Å². The standard InChI is InChI=1S/C17H23N3O2/c1-4-17-18-16(19-22-17)11-20-10-14(9-12(20)2)13-5-7-15(21-3)8-6-13/h5-8,12,14H,4,9-11H2,1-3H3. The largest absolute Gasteiger partial charge is 0.497 e. The van der Waals surface area contributed by atoms with Gasteiger partial charge >= 0.3 is 0 Å². The number of aromatic nitrogens is 2. The Hall–Kier alpha value is -1.88. The van der Waals surface area contributed by atoms with E-state index in [4.69, 9.17) is 9.26 Å². The summed E-state index contributed by atoms with van der Waals surface area (Å²) in [4.78, 5) is 6.84. The summed E-state index contributed by atoms with van der Waals surface area (Å²) in [6.07, 6.45) is 1.95. The Morgan fingerprint density at radius 1 is 1.32 bits per heavy atom. The number of benzene rings is 1. The van der Waals surface area contributed by atoms with Gasteiger partial charge in [0.2, 0.25) is 5.89 Å². The molecule has 1 saturated heterocycles. The minimum absolute atomic E-state index is 0.524. The van der Waals surface area contributed by atoms with Crippen molar-refractivity contribution in [1.29, 1.82) is 0 Å². The molecule has 0 radical (unpaired) electrons. The molecule has 1 aromatic carbocycles. The lowest BCUT2D eigenvalue weighted by molar-refractivity contribution is 0.247. The molecular weight excluding hydrogens is 278 g/mol. The van der Waals surface area contributed by atoms with Gasteiger partial charge in [-0.3, -0.25) is 4.90 Å². The Kier molecular flexibility index (Phi) is 4.43. The highest BCUT2D eigenvalue weighted by Crippen LogP contribution is 2.33. The van der Waals surface area contributed by atoms with Crippen LogP contribution in [0.5, 0.6) is 5.75 Å². The highest BCUT2D eigenvalue weighted by atomic mass is 16.5. The summed E-state index contributed by atoms with van der Waals surface area (Å²) in [6, 6.07) is 8.94. The molecule has 1 fully saturated rings. The highest BCUT2D eigenvalue weighted by Gasteiger charge is 2.30. The minimum Gasteiger partial charge on any atom is -0.497 e. The van der Waals surface area contributed by atoms with Gasteiger partial charge in [-0.2, -0.15) is 4.98 Å². The van der Waals surface area contributed by atoms with E-state index in [1.807, 2.05) is 19.1 Å². The van der Waals surface area contributed by atoms with Crippen LogP contribution >= 0.6 is 0 Å². The second kappa shape index (κ2) is 6.48. The van der Waals surface area contributed by atoms with Gasteiger partial charge in [0.15, 0.2) is 5.82 Å². The molecule has 22 heavy (non-hydrogen) atoms. The topological polar surface area (TPSA) is 51.4 Å². The van der Waals surface area contributed by atoms with Crippen LogP contribution in [0.15, 0.2) is 28.8 Å². The summed E-state index contributed by atoms with van der Waals surface area (Å²) in [6.45, 7) is 6.08. The normalized spacial score (nSPS) is 22.1. The van der Waals surface area contributed by atoms with Gasteiger partial charge in [-0.15, -0.1) is 0 Å². The molecule has 0 saturated carbocycles. The predicted molar refractivity (Wildman–Crippen MR) is 83.9 cm³/mol. The highest BCUT2D eigenvalue weighted by molar-refractivity contribution is 5.30. The summed E-state index contributed by atoms with van der Waals surface area (Å²) in [5.41, 5.74) is 1.37. The fourth-order valence-corrected chi connectivity index (χ4v) is 3.12. The molecule has 1 aromatic heterocycles. The van der Waals surface area contributed by atoms with Crippen molar-refractivity contribution in [2.45, 2.75) is 45.2 Å². The zero-order valence-electron chi connectivity index (χ0n) is 13.5. The minimum atomic E-state index is 0.524. The number of hydrogen-bond donors (Lipinski definition) is 0. The maximum atomic E-state index is 5.23. The van der Waals surface area contributed by atoms with E-state index in [9.17, 15) is 0 Å². The molecule has 2 heterocycles. The number of nitrogens with zero attached hydrogens (tertiary/aromatic N) is 3. The Labute approximate surface area is 131 Å². The van der Waals surface area contributed by atoms with Crippen LogP contribution in [0.3, 0.4) is 0 Å². The Balaban J connectivity index is 1.65. The molecule has 1 aliphatic rings. The van der Waals surface area contributed by atoms with Crippen LogP contribution in [-0.4, -0.2) is 34.7 Å². The van der Waals surface area contributed by atoms with E-state index < -0.39 is 0 Å². The zero-order chi connectivity index (χ0) is 15.5. The first-order valence-electron chi connectivity index (χ1n) is 7.89. The average Bonchev–Trinajstić information content (AvgIpc) is 3.15. The van der Waals surface area contributed by atoms with E-state index in [1.165, 1.54) is 5.56 Å². The summed E-state index contributed by atoms with van der Waals surface area (Å²) in [7, 11) is 1.70. The summed E-state index contributed by atoms with van der Waals surface area (Å²) < 4.78 is 10.4. The molecule has 0 bridgehead atoms. The van der Waals surface area contributed by atoms with Crippen LogP contribution in [0.2, 0.25) is 0 Å². The molecule has 3 rings (SSSR count). The lowest BCUT2D eigenvalue weighted by Gasteiger charge is -2.18. The van der Waals surface area contributed by atoms with E-state index in [2.05, 4.69) is 34.1 Å². The number of hydrogen-bond acceptors (Lipinski definition) is 5. The second-order valence-corrected chi connectivity index (χ2v) is 5.94. The van der Waals surface area contributed by atoms with E-state index in [0.717, 1.165) is 37.5 Å². The van der Waals surface area contributed by atoms with Crippen molar-refractivity contribution in [2.75, 3.05) is 13.7 Å². The van der Waals surface area contributed by atoms with E-state index >= 15 is 0 Å². The molecule has 2 aromatic rings. The first-order chi connectivity index (χ1) is 10.7. The molecule has 0 aliphatic carbocycles. The van der Waals surface area contributed by atoms with Gasteiger partial charge < -0.3 is 9.26 Å². The number of ether oxygens (including phenoxy) is 1. The van der Waals surface area contributed by atoms with Crippen LogP contribution in [0.25, 0.3) is 0 Å². The van der Waals surface area contributed by atoms with Crippen LogP contribution in [0, 0.1) is 0 Å². The van der Waals surface area contributed by atoms with Crippen molar-refractivity contribution in [2.24, 2.45) is 0 Å². The predicted octanol–water partition coefficient (Wildman–Crippen LogP) is 3.02. The van der Waals surface area contributed by atoms with Crippen molar-refractivity contribution >= 4 is 0 Å². The summed E-state index contributed by atoms with van der Waals surface area (Å²) in [5.74, 6) is 2.97. The first kappa shape index (κ1) is 15.0. The molecule has 1 aliphatic heterocycles. The van der Waals surface area contributed by atoms with Crippen molar-refractivity contribution in [3.63, 3.8) is 0 Å². The molecule has 0 N–H and O–H groups in total. The third-order valence-corrected chi connectivity index (χ3v) is 4.45. The second-order valence-electron chi connectivity index (χ2n) is 5.94. The summed E-state index contributed by atoms with van der Waals surface area (Å²) in [5, 5.41) is 4.06. The molecule has 118 valence electrons. The van der Waals surface area contributed by atoms with Gasteiger partial charge in [0, 0.05) is 19.0 Å². The summed E-state index contributed by atoms with van der Waals surface area (Å²) >= 11 is 0. The molecule has 2 unspecified atom stereocenters. The molecular formula is C17H23N3O2. The van der Waals surface area contributed by atoms with Crippen LogP contribution in [-0.2, 0) is 13.0 Å². The van der Waals surface area contributed by atoms with Gasteiger partial charge in [0.25, 0.3) is 0 Å². The molecule has 0 spiro atoms. The van der Waals surface area contributed by atoms with Gasteiger partial charge in [0.05, 0.1) is 13.7 Å². The number of likely N-dealkylation sites (tertiary alicyclic amines) is 1. The maximum absolute atomic E-state index is 5.23. The van der Waals surface area contributed by atoms with Gasteiger partial charge in [-0.1, -0.05) is 24.2 Å². The fourth-order valence-electron chi connectivity index (χ4n) is 3.12. The lowest BCUT2D eigenvalue weighted by atomic mass is 9.97.